The highest BCUT2D eigenvalue weighted by atomic mass is 79.9. The van der Waals surface area contributed by atoms with Crippen LogP contribution in [0.5, 0.6) is 0 Å². The van der Waals surface area contributed by atoms with Crippen LogP contribution >= 0.6 is 23.5 Å². The second kappa shape index (κ2) is 6.14. The van der Waals surface area contributed by atoms with Crippen LogP contribution in [0.4, 0.5) is 0 Å². The Labute approximate surface area is 82.2 Å². The Kier molecular flexibility index (Phi) is 6.46. The van der Waals surface area contributed by atoms with Crippen molar-refractivity contribution in [2.24, 2.45) is 0 Å². The van der Waals surface area contributed by atoms with E-state index in [1.165, 1.54) is 0 Å². The van der Waals surface area contributed by atoms with Crippen molar-refractivity contribution in [3.8, 4) is 0 Å². The minimum absolute atomic E-state index is 0.129. The van der Waals surface area contributed by atoms with Gasteiger partial charge in [0.1, 0.15) is 0 Å². The molecule has 2 unspecified atom stereocenters. The van der Waals surface area contributed by atoms with E-state index in [2.05, 4.69) is 15.9 Å². The van der Waals surface area contributed by atoms with Gasteiger partial charge in [-0.25, -0.2) is 0 Å². The lowest BCUT2D eigenvalue weighted by molar-refractivity contribution is 0.185. The molecule has 0 rings (SSSR count). The fraction of sp³-hybridized carbons (Fsp3) is 1.00. The maximum atomic E-state index is 11.3. The summed E-state index contributed by atoms with van der Waals surface area (Å²) in [6, 6.07) is 0. The maximum Gasteiger partial charge on any atom is 0.328 e. The van der Waals surface area contributed by atoms with Gasteiger partial charge < -0.3 is 9.42 Å². The Hall–Kier alpha value is 0.630. The average Bonchev–Trinajstić information content (AvgIpc) is 2.00. The molecule has 0 aromatic rings. The third kappa shape index (κ3) is 6.18. The molecule has 0 saturated carbocycles. The number of hydrogen-bond donors (Lipinski definition) is 1. The molecule has 0 aromatic heterocycles. The van der Waals surface area contributed by atoms with Gasteiger partial charge in [0, 0.05) is 5.33 Å². The Morgan fingerprint density at radius 1 is 1.67 bits per heavy atom. The van der Waals surface area contributed by atoms with Gasteiger partial charge in [-0.2, -0.15) is 0 Å². The molecule has 0 aliphatic rings. The molecule has 12 heavy (non-hydrogen) atoms. The van der Waals surface area contributed by atoms with Crippen LogP contribution < -0.4 is 0 Å². The third-order valence-electron chi connectivity index (χ3n) is 1.49. The maximum absolute atomic E-state index is 11.3. The summed E-state index contributed by atoms with van der Waals surface area (Å²) in [5.74, 6) is 0. The molecule has 0 fully saturated rings. The van der Waals surface area contributed by atoms with Crippen molar-refractivity contribution in [1.29, 1.82) is 0 Å². The quantitative estimate of drug-likeness (QED) is 0.589. The van der Waals surface area contributed by atoms with Crippen LogP contribution in [0.3, 0.4) is 0 Å². The van der Waals surface area contributed by atoms with E-state index in [1.54, 1.807) is 6.92 Å². The predicted octanol–water partition coefficient (Wildman–Crippen LogP) is 2.77. The molecule has 0 amide bonds. The molecule has 2 atom stereocenters. The van der Waals surface area contributed by atoms with E-state index < -0.39 is 7.60 Å². The molecular weight excluding hydrogens is 243 g/mol. The van der Waals surface area contributed by atoms with Crippen molar-refractivity contribution in [3.05, 3.63) is 0 Å². The SMILES string of the molecule is CCC(C)OP(=O)(O)CCCBr. The van der Waals surface area contributed by atoms with E-state index in [4.69, 9.17) is 4.52 Å². The number of hydrogen-bond acceptors (Lipinski definition) is 2. The minimum Gasteiger partial charge on any atom is -0.324 e. The number of rotatable bonds is 6. The summed E-state index contributed by atoms with van der Waals surface area (Å²) in [4.78, 5) is 9.26. The van der Waals surface area contributed by atoms with Gasteiger partial charge in [-0.3, -0.25) is 4.57 Å². The van der Waals surface area contributed by atoms with Crippen molar-refractivity contribution >= 4 is 23.5 Å². The highest BCUT2D eigenvalue weighted by Gasteiger charge is 2.20. The largest absolute Gasteiger partial charge is 0.328 e. The Morgan fingerprint density at radius 3 is 2.67 bits per heavy atom. The average molecular weight is 259 g/mol. The monoisotopic (exact) mass is 258 g/mol. The smallest absolute Gasteiger partial charge is 0.324 e. The topological polar surface area (TPSA) is 46.5 Å². The van der Waals surface area contributed by atoms with Gasteiger partial charge in [-0.1, -0.05) is 22.9 Å². The lowest BCUT2D eigenvalue weighted by Gasteiger charge is -2.15. The van der Waals surface area contributed by atoms with Crippen LogP contribution in [0.15, 0.2) is 0 Å². The van der Waals surface area contributed by atoms with Crippen LogP contribution in [0.1, 0.15) is 26.7 Å². The van der Waals surface area contributed by atoms with Gasteiger partial charge in [0.2, 0.25) is 0 Å². The summed E-state index contributed by atoms with van der Waals surface area (Å²) in [5.41, 5.74) is 0. The first-order chi connectivity index (χ1) is 5.52. The fourth-order valence-corrected chi connectivity index (χ4v) is 2.76. The fourth-order valence-electron chi connectivity index (χ4n) is 0.668. The third-order valence-corrected chi connectivity index (χ3v) is 3.63. The van der Waals surface area contributed by atoms with E-state index >= 15 is 0 Å². The van der Waals surface area contributed by atoms with E-state index in [-0.39, 0.29) is 12.3 Å². The first-order valence-corrected chi connectivity index (χ1v) is 6.96. The molecule has 5 heteroatoms. The standard InChI is InChI=1S/C7H16BrO3P/c1-3-7(2)11-12(9,10)6-4-5-8/h7H,3-6H2,1-2H3,(H,9,10). The molecular formula is C7H16BrO3P. The lowest BCUT2D eigenvalue weighted by Crippen LogP contribution is -2.06. The van der Waals surface area contributed by atoms with Gasteiger partial charge in [-0.15, -0.1) is 0 Å². The normalized spacial score (nSPS) is 18.7. The van der Waals surface area contributed by atoms with Crippen LogP contribution in [-0.2, 0) is 9.09 Å². The van der Waals surface area contributed by atoms with Crippen molar-refractivity contribution in [1.82, 2.24) is 0 Å². The molecule has 0 aromatic carbocycles. The Bertz CT molecular complexity index is 163. The van der Waals surface area contributed by atoms with Crippen LogP contribution in [0.2, 0.25) is 0 Å². The van der Waals surface area contributed by atoms with Crippen LogP contribution in [-0.4, -0.2) is 22.5 Å². The molecule has 3 nitrogen and oxygen atoms in total. The minimum atomic E-state index is -3.31. The van der Waals surface area contributed by atoms with Gasteiger partial charge in [0.05, 0.1) is 12.3 Å². The van der Waals surface area contributed by atoms with Gasteiger partial charge in [0.15, 0.2) is 0 Å². The molecule has 0 bridgehead atoms. The summed E-state index contributed by atoms with van der Waals surface area (Å²) >= 11 is 3.20. The highest BCUT2D eigenvalue weighted by molar-refractivity contribution is 9.09. The molecule has 1 N–H and O–H groups in total. The summed E-state index contributed by atoms with van der Waals surface area (Å²) in [6.07, 6.45) is 1.54. The van der Waals surface area contributed by atoms with E-state index in [9.17, 15) is 9.46 Å². The second-order valence-corrected chi connectivity index (χ2v) is 5.45. The number of alkyl halides is 1. The zero-order chi connectivity index (χ0) is 9.61. The van der Waals surface area contributed by atoms with E-state index in [1.807, 2.05) is 6.92 Å². The molecule has 0 aliphatic heterocycles. The van der Waals surface area contributed by atoms with Gasteiger partial charge >= 0.3 is 7.60 Å². The molecule has 0 aliphatic carbocycles. The van der Waals surface area contributed by atoms with E-state index in [0.29, 0.717) is 6.42 Å². The zero-order valence-corrected chi connectivity index (χ0v) is 9.98. The number of halogens is 1. The Balaban J connectivity index is 3.78. The molecule has 74 valence electrons. The second-order valence-electron chi connectivity index (χ2n) is 2.73. The summed E-state index contributed by atoms with van der Waals surface area (Å²) < 4.78 is 16.2. The van der Waals surface area contributed by atoms with Crippen LogP contribution in [0.25, 0.3) is 0 Å². The first kappa shape index (κ1) is 12.6. The van der Waals surface area contributed by atoms with Crippen molar-refractivity contribution in [2.75, 3.05) is 11.5 Å². The molecule has 0 radical (unpaired) electrons. The van der Waals surface area contributed by atoms with Crippen LogP contribution in [0, 0.1) is 0 Å². The summed E-state index contributed by atoms with van der Waals surface area (Å²) in [7, 11) is -3.31. The zero-order valence-electron chi connectivity index (χ0n) is 7.49. The summed E-state index contributed by atoms with van der Waals surface area (Å²) in [6.45, 7) is 3.73. The first-order valence-electron chi connectivity index (χ1n) is 4.08. The molecule has 0 saturated heterocycles. The van der Waals surface area contributed by atoms with Gasteiger partial charge in [0.25, 0.3) is 0 Å². The lowest BCUT2D eigenvalue weighted by atomic mass is 10.3. The Morgan fingerprint density at radius 2 is 2.25 bits per heavy atom. The molecule has 0 heterocycles. The van der Waals surface area contributed by atoms with E-state index in [0.717, 1.165) is 11.8 Å². The molecule has 0 spiro atoms. The predicted molar refractivity (Wildman–Crippen MR) is 53.9 cm³/mol. The summed E-state index contributed by atoms with van der Waals surface area (Å²) in [5, 5.41) is 0.738. The van der Waals surface area contributed by atoms with Crippen molar-refractivity contribution in [2.45, 2.75) is 32.8 Å². The van der Waals surface area contributed by atoms with Crippen molar-refractivity contribution in [3.63, 3.8) is 0 Å². The van der Waals surface area contributed by atoms with Crippen molar-refractivity contribution < 1.29 is 14.0 Å². The highest BCUT2D eigenvalue weighted by Crippen LogP contribution is 2.44. The van der Waals surface area contributed by atoms with Gasteiger partial charge in [-0.05, 0) is 19.8 Å².